The second kappa shape index (κ2) is 2.68. The lowest BCUT2D eigenvalue weighted by Crippen LogP contribution is -2.14. The zero-order chi connectivity index (χ0) is 9.47. The standard InChI is InChI=1S/C10H9NOS/c1-7(12)10(2-3-10)9-4-8(5-11)6-13-9/h4,6H,2-3H2,1H3. The van der Waals surface area contributed by atoms with Crippen LogP contribution in [0, 0.1) is 11.3 Å². The number of nitriles is 1. The maximum absolute atomic E-state index is 11.3. The molecule has 1 aromatic rings. The highest BCUT2D eigenvalue weighted by Gasteiger charge is 2.49. The molecule has 1 heterocycles. The van der Waals surface area contributed by atoms with Crippen LogP contribution < -0.4 is 0 Å². The van der Waals surface area contributed by atoms with Gasteiger partial charge in [0.05, 0.1) is 11.0 Å². The number of carbonyl (C=O) groups is 1. The predicted molar refractivity (Wildman–Crippen MR) is 50.6 cm³/mol. The fraction of sp³-hybridized carbons (Fsp3) is 0.400. The molecule has 66 valence electrons. The average Bonchev–Trinajstić information content (AvgIpc) is 2.79. The number of carbonyl (C=O) groups excluding carboxylic acids is 1. The molecule has 0 radical (unpaired) electrons. The van der Waals surface area contributed by atoms with Crippen LogP contribution in [0.15, 0.2) is 11.4 Å². The first-order chi connectivity index (χ1) is 6.19. The van der Waals surface area contributed by atoms with Crippen molar-refractivity contribution in [3.05, 3.63) is 21.9 Å². The lowest BCUT2D eigenvalue weighted by molar-refractivity contribution is -0.119. The number of ketones is 1. The molecule has 0 aromatic carbocycles. The molecule has 1 aromatic heterocycles. The summed E-state index contributed by atoms with van der Waals surface area (Å²) in [4.78, 5) is 12.4. The van der Waals surface area contributed by atoms with E-state index in [0.717, 1.165) is 17.7 Å². The van der Waals surface area contributed by atoms with E-state index in [1.54, 1.807) is 6.92 Å². The molecule has 1 aliphatic rings. The van der Waals surface area contributed by atoms with E-state index in [1.807, 2.05) is 11.4 Å². The van der Waals surface area contributed by atoms with Crippen LogP contribution >= 0.6 is 11.3 Å². The Morgan fingerprint density at radius 2 is 2.38 bits per heavy atom. The maximum Gasteiger partial charge on any atom is 0.141 e. The van der Waals surface area contributed by atoms with E-state index in [-0.39, 0.29) is 11.2 Å². The van der Waals surface area contributed by atoms with Crippen LogP contribution in [0.3, 0.4) is 0 Å². The Morgan fingerprint density at radius 1 is 1.69 bits per heavy atom. The number of nitrogens with zero attached hydrogens (tertiary/aromatic N) is 1. The number of Topliss-reactive ketones (excluding diaryl/α,β-unsaturated/α-hetero) is 1. The van der Waals surface area contributed by atoms with Gasteiger partial charge in [0, 0.05) is 10.3 Å². The van der Waals surface area contributed by atoms with E-state index >= 15 is 0 Å². The van der Waals surface area contributed by atoms with Gasteiger partial charge in [0.15, 0.2) is 0 Å². The van der Waals surface area contributed by atoms with Gasteiger partial charge in [-0.2, -0.15) is 5.26 Å². The summed E-state index contributed by atoms with van der Waals surface area (Å²) >= 11 is 1.53. The Bertz CT molecular complexity index is 395. The second-order valence-electron chi connectivity index (χ2n) is 3.45. The molecule has 3 heteroatoms. The minimum atomic E-state index is -0.209. The summed E-state index contributed by atoms with van der Waals surface area (Å²) < 4.78 is 0. The molecule has 1 fully saturated rings. The molecule has 2 rings (SSSR count). The van der Waals surface area contributed by atoms with Crippen molar-refractivity contribution < 1.29 is 4.79 Å². The first-order valence-corrected chi connectivity index (χ1v) is 5.07. The van der Waals surface area contributed by atoms with Crippen molar-refractivity contribution in [3.63, 3.8) is 0 Å². The Morgan fingerprint density at radius 3 is 2.77 bits per heavy atom. The monoisotopic (exact) mass is 191 g/mol. The van der Waals surface area contributed by atoms with Gasteiger partial charge < -0.3 is 0 Å². The molecule has 1 aliphatic carbocycles. The zero-order valence-electron chi connectivity index (χ0n) is 7.33. The van der Waals surface area contributed by atoms with Crippen LogP contribution in [0.2, 0.25) is 0 Å². The van der Waals surface area contributed by atoms with Gasteiger partial charge >= 0.3 is 0 Å². The Labute approximate surface area is 80.8 Å². The summed E-state index contributed by atoms with van der Waals surface area (Å²) in [6, 6.07) is 3.93. The average molecular weight is 191 g/mol. The Kier molecular flexibility index (Phi) is 1.74. The van der Waals surface area contributed by atoms with E-state index < -0.39 is 0 Å². The molecule has 0 aliphatic heterocycles. The second-order valence-corrected chi connectivity index (χ2v) is 4.36. The molecule has 0 saturated heterocycles. The van der Waals surface area contributed by atoms with Gasteiger partial charge in [-0.05, 0) is 25.8 Å². The first kappa shape index (κ1) is 8.46. The van der Waals surface area contributed by atoms with E-state index in [1.165, 1.54) is 11.3 Å². The lowest BCUT2D eigenvalue weighted by atomic mass is 10.00. The van der Waals surface area contributed by atoms with Crippen LogP contribution in [0.1, 0.15) is 30.2 Å². The van der Waals surface area contributed by atoms with Gasteiger partial charge in [-0.15, -0.1) is 11.3 Å². The van der Waals surface area contributed by atoms with Gasteiger partial charge in [0.2, 0.25) is 0 Å². The minimum absolute atomic E-state index is 0.209. The smallest absolute Gasteiger partial charge is 0.141 e. The predicted octanol–water partition coefficient (Wildman–Crippen LogP) is 2.24. The van der Waals surface area contributed by atoms with Gasteiger partial charge in [0.25, 0.3) is 0 Å². The van der Waals surface area contributed by atoms with E-state index in [0.29, 0.717) is 5.56 Å². The summed E-state index contributed by atoms with van der Waals surface area (Å²) in [6.45, 7) is 1.64. The molecule has 0 amide bonds. The van der Waals surface area contributed by atoms with Gasteiger partial charge in [0.1, 0.15) is 11.9 Å². The van der Waals surface area contributed by atoms with E-state index in [2.05, 4.69) is 6.07 Å². The molecular formula is C10H9NOS. The van der Waals surface area contributed by atoms with Crippen molar-refractivity contribution in [2.45, 2.75) is 25.2 Å². The number of hydrogen-bond donors (Lipinski definition) is 0. The van der Waals surface area contributed by atoms with E-state index in [9.17, 15) is 4.79 Å². The van der Waals surface area contributed by atoms with Crippen molar-refractivity contribution in [2.24, 2.45) is 0 Å². The lowest BCUT2D eigenvalue weighted by Gasteiger charge is -2.06. The highest BCUT2D eigenvalue weighted by molar-refractivity contribution is 7.10. The summed E-state index contributed by atoms with van der Waals surface area (Å²) in [5.74, 6) is 0.235. The summed E-state index contributed by atoms with van der Waals surface area (Å²) in [6.07, 6.45) is 1.90. The molecular weight excluding hydrogens is 182 g/mol. The van der Waals surface area contributed by atoms with Crippen LogP contribution in [-0.2, 0) is 10.2 Å². The number of hydrogen-bond acceptors (Lipinski definition) is 3. The van der Waals surface area contributed by atoms with Crippen LogP contribution in [0.4, 0.5) is 0 Å². The number of rotatable bonds is 2. The Balaban J connectivity index is 2.37. The van der Waals surface area contributed by atoms with Crippen molar-refractivity contribution in [3.8, 4) is 6.07 Å². The fourth-order valence-corrected chi connectivity index (χ4v) is 2.69. The van der Waals surface area contributed by atoms with Crippen LogP contribution in [0.25, 0.3) is 0 Å². The summed E-state index contributed by atoms with van der Waals surface area (Å²) in [5.41, 5.74) is 0.465. The molecule has 0 unspecified atom stereocenters. The van der Waals surface area contributed by atoms with Gasteiger partial charge in [-0.1, -0.05) is 0 Å². The third kappa shape index (κ3) is 1.18. The topological polar surface area (TPSA) is 40.9 Å². The normalized spacial score (nSPS) is 17.8. The van der Waals surface area contributed by atoms with Crippen molar-refractivity contribution in [1.29, 1.82) is 5.26 Å². The molecule has 0 bridgehead atoms. The molecule has 2 nitrogen and oxygen atoms in total. The van der Waals surface area contributed by atoms with Crippen molar-refractivity contribution in [2.75, 3.05) is 0 Å². The first-order valence-electron chi connectivity index (χ1n) is 4.19. The quantitative estimate of drug-likeness (QED) is 0.719. The van der Waals surface area contributed by atoms with Gasteiger partial charge in [-0.3, -0.25) is 4.79 Å². The van der Waals surface area contributed by atoms with Gasteiger partial charge in [-0.25, -0.2) is 0 Å². The third-order valence-corrected chi connectivity index (χ3v) is 3.76. The number of thiophene rings is 1. The fourth-order valence-electron chi connectivity index (χ4n) is 1.54. The van der Waals surface area contributed by atoms with E-state index in [4.69, 9.17) is 5.26 Å². The van der Waals surface area contributed by atoms with Crippen LogP contribution in [-0.4, -0.2) is 5.78 Å². The summed E-state index contributed by atoms with van der Waals surface area (Å²) in [7, 11) is 0. The zero-order valence-corrected chi connectivity index (χ0v) is 8.15. The SMILES string of the molecule is CC(=O)C1(c2cc(C#N)cs2)CC1. The van der Waals surface area contributed by atoms with Crippen LogP contribution in [0.5, 0.6) is 0 Å². The maximum atomic E-state index is 11.3. The molecule has 0 atom stereocenters. The molecule has 1 saturated carbocycles. The highest BCUT2D eigenvalue weighted by Crippen LogP contribution is 2.50. The minimum Gasteiger partial charge on any atom is -0.299 e. The molecule has 0 N–H and O–H groups in total. The summed E-state index contributed by atoms with van der Waals surface area (Å²) in [5, 5.41) is 10.5. The Hall–Kier alpha value is -1.14. The largest absolute Gasteiger partial charge is 0.299 e. The molecule has 0 spiro atoms. The van der Waals surface area contributed by atoms with Crippen molar-refractivity contribution in [1.82, 2.24) is 0 Å². The molecule has 13 heavy (non-hydrogen) atoms. The third-order valence-electron chi connectivity index (χ3n) is 2.62. The highest BCUT2D eigenvalue weighted by atomic mass is 32.1. The van der Waals surface area contributed by atoms with Crippen molar-refractivity contribution >= 4 is 17.1 Å².